The predicted octanol–water partition coefficient (Wildman–Crippen LogP) is 1.80. The molecule has 2 nitrogen and oxygen atoms in total. The van der Waals surface area contributed by atoms with Gasteiger partial charge in [0.05, 0.1) is 0 Å². The Bertz CT molecular complexity index is 180. The molecule has 1 fully saturated rings. The van der Waals surface area contributed by atoms with Gasteiger partial charge in [-0.05, 0) is 24.6 Å². The van der Waals surface area contributed by atoms with Crippen LogP contribution in [0, 0.1) is 5.41 Å². The summed E-state index contributed by atoms with van der Waals surface area (Å²) < 4.78 is 0. The van der Waals surface area contributed by atoms with Crippen molar-refractivity contribution in [3.05, 3.63) is 0 Å². The third kappa shape index (κ3) is 2.88. The second-order valence-electron chi connectivity index (χ2n) is 5.65. The fraction of sp³-hybridized carbons (Fsp3) is 1.00. The van der Waals surface area contributed by atoms with Crippen LogP contribution in [-0.2, 0) is 0 Å². The van der Waals surface area contributed by atoms with E-state index >= 15 is 0 Å². The Morgan fingerprint density at radius 2 is 2.07 bits per heavy atom. The molecule has 3 heteroatoms. The first kappa shape index (κ1) is 12.3. The van der Waals surface area contributed by atoms with Crippen LogP contribution in [0.2, 0.25) is 0 Å². The summed E-state index contributed by atoms with van der Waals surface area (Å²) in [7, 11) is 2.23. The van der Waals surface area contributed by atoms with Gasteiger partial charge in [0.15, 0.2) is 0 Å². The average molecular weight is 216 g/mol. The van der Waals surface area contributed by atoms with E-state index in [4.69, 9.17) is 5.73 Å². The van der Waals surface area contributed by atoms with Crippen LogP contribution in [0.25, 0.3) is 0 Å². The Labute approximate surface area is 92.6 Å². The Kier molecular flexibility index (Phi) is 3.89. The van der Waals surface area contributed by atoms with E-state index in [0.717, 1.165) is 13.1 Å². The summed E-state index contributed by atoms with van der Waals surface area (Å²) in [6.07, 6.45) is 1.25. The van der Waals surface area contributed by atoms with Crippen LogP contribution >= 0.6 is 11.8 Å². The van der Waals surface area contributed by atoms with Gasteiger partial charge >= 0.3 is 0 Å². The molecule has 0 amide bonds. The quantitative estimate of drug-likeness (QED) is 0.780. The Morgan fingerprint density at radius 3 is 2.43 bits per heavy atom. The van der Waals surface area contributed by atoms with Crippen molar-refractivity contribution < 1.29 is 0 Å². The predicted molar refractivity (Wildman–Crippen MR) is 65.8 cm³/mol. The first-order valence-corrected chi connectivity index (χ1v) is 6.54. The van der Waals surface area contributed by atoms with Crippen molar-refractivity contribution in [2.45, 2.75) is 32.7 Å². The van der Waals surface area contributed by atoms with Gasteiger partial charge in [-0.3, -0.25) is 4.90 Å². The van der Waals surface area contributed by atoms with E-state index in [-0.39, 0.29) is 5.54 Å². The van der Waals surface area contributed by atoms with Gasteiger partial charge in [-0.2, -0.15) is 11.8 Å². The summed E-state index contributed by atoms with van der Waals surface area (Å²) in [4.78, 5) is 2.48. The molecule has 1 unspecified atom stereocenters. The topological polar surface area (TPSA) is 29.3 Å². The molecule has 1 saturated heterocycles. The first-order valence-electron chi connectivity index (χ1n) is 5.39. The molecule has 1 aliphatic rings. The molecule has 0 spiro atoms. The molecule has 0 bridgehead atoms. The van der Waals surface area contributed by atoms with Crippen molar-refractivity contribution in [1.29, 1.82) is 0 Å². The molecule has 0 aromatic rings. The van der Waals surface area contributed by atoms with E-state index in [1.165, 1.54) is 17.9 Å². The number of nitrogens with two attached hydrogens (primary N) is 1. The number of rotatable bonds is 3. The van der Waals surface area contributed by atoms with Crippen molar-refractivity contribution in [2.75, 3.05) is 31.6 Å². The van der Waals surface area contributed by atoms with Gasteiger partial charge in [0.1, 0.15) is 0 Å². The number of likely N-dealkylation sites (N-methyl/N-ethyl adjacent to an activating group) is 1. The Hall–Kier alpha value is 0.270. The molecule has 0 radical (unpaired) electrons. The molecule has 1 aliphatic heterocycles. The maximum atomic E-state index is 5.93. The smallest absolute Gasteiger partial charge is 0.0426 e. The number of nitrogens with zero attached hydrogens (tertiary/aromatic N) is 1. The minimum atomic E-state index is 0.276. The van der Waals surface area contributed by atoms with E-state index in [1.807, 2.05) is 11.8 Å². The summed E-state index contributed by atoms with van der Waals surface area (Å²) in [5, 5.41) is 0. The Morgan fingerprint density at radius 1 is 1.43 bits per heavy atom. The molecule has 0 aromatic heterocycles. The summed E-state index contributed by atoms with van der Waals surface area (Å²) in [5.74, 6) is 2.47. The van der Waals surface area contributed by atoms with E-state index in [0.29, 0.717) is 5.41 Å². The van der Waals surface area contributed by atoms with Crippen LogP contribution in [-0.4, -0.2) is 42.1 Å². The van der Waals surface area contributed by atoms with E-state index in [1.54, 1.807) is 0 Å². The molecule has 0 aromatic carbocycles. The van der Waals surface area contributed by atoms with Crippen molar-refractivity contribution >= 4 is 11.8 Å². The van der Waals surface area contributed by atoms with Crippen LogP contribution in [0.15, 0.2) is 0 Å². The largest absolute Gasteiger partial charge is 0.329 e. The third-order valence-electron chi connectivity index (χ3n) is 2.98. The van der Waals surface area contributed by atoms with Crippen LogP contribution < -0.4 is 5.73 Å². The van der Waals surface area contributed by atoms with Gasteiger partial charge in [0.25, 0.3) is 0 Å². The zero-order chi connectivity index (χ0) is 10.8. The highest BCUT2D eigenvalue weighted by atomic mass is 32.2. The molecule has 1 rings (SSSR count). The molecule has 14 heavy (non-hydrogen) atoms. The molecule has 1 heterocycles. The summed E-state index contributed by atoms with van der Waals surface area (Å²) in [6.45, 7) is 8.79. The lowest BCUT2D eigenvalue weighted by Gasteiger charge is -2.40. The SMILES string of the molecule is CN(CC(C)(C)C)C1(CN)CCSC1. The highest BCUT2D eigenvalue weighted by molar-refractivity contribution is 7.99. The molecule has 2 N–H and O–H groups in total. The van der Waals surface area contributed by atoms with Crippen molar-refractivity contribution in [3.8, 4) is 0 Å². The van der Waals surface area contributed by atoms with E-state index in [2.05, 4.69) is 32.7 Å². The average Bonchev–Trinajstić information content (AvgIpc) is 2.49. The van der Waals surface area contributed by atoms with Crippen LogP contribution in [0.5, 0.6) is 0 Å². The van der Waals surface area contributed by atoms with Gasteiger partial charge in [-0.25, -0.2) is 0 Å². The van der Waals surface area contributed by atoms with Gasteiger partial charge in [-0.15, -0.1) is 0 Å². The number of hydrogen-bond acceptors (Lipinski definition) is 3. The lowest BCUT2D eigenvalue weighted by molar-refractivity contribution is 0.106. The summed E-state index contributed by atoms with van der Waals surface area (Å²) >= 11 is 2.04. The zero-order valence-electron chi connectivity index (χ0n) is 9.97. The fourth-order valence-electron chi connectivity index (χ4n) is 2.09. The molecule has 84 valence electrons. The minimum absolute atomic E-state index is 0.276. The minimum Gasteiger partial charge on any atom is -0.329 e. The van der Waals surface area contributed by atoms with Gasteiger partial charge in [-0.1, -0.05) is 20.8 Å². The summed E-state index contributed by atoms with van der Waals surface area (Å²) in [6, 6.07) is 0. The van der Waals surface area contributed by atoms with Crippen LogP contribution in [0.4, 0.5) is 0 Å². The van der Waals surface area contributed by atoms with Gasteiger partial charge < -0.3 is 5.73 Å². The molecular formula is C11H24N2S. The van der Waals surface area contributed by atoms with Gasteiger partial charge in [0, 0.05) is 24.4 Å². The highest BCUT2D eigenvalue weighted by Crippen LogP contribution is 2.33. The van der Waals surface area contributed by atoms with Crippen LogP contribution in [0.3, 0.4) is 0 Å². The standard InChI is InChI=1S/C11H24N2S/c1-10(2,3)8-13(4)11(7-12)5-6-14-9-11/h5-9,12H2,1-4H3. The fourth-order valence-corrected chi connectivity index (χ4v) is 3.62. The monoisotopic (exact) mass is 216 g/mol. The van der Waals surface area contributed by atoms with Crippen molar-refractivity contribution in [1.82, 2.24) is 4.90 Å². The highest BCUT2D eigenvalue weighted by Gasteiger charge is 2.38. The number of thioether (sulfide) groups is 1. The normalized spacial score (nSPS) is 28.7. The third-order valence-corrected chi connectivity index (χ3v) is 4.22. The molecule has 1 atom stereocenters. The first-order chi connectivity index (χ1) is 6.40. The molecule has 0 saturated carbocycles. The second kappa shape index (κ2) is 4.42. The lowest BCUT2D eigenvalue weighted by Crippen LogP contribution is -2.54. The number of hydrogen-bond donors (Lipinski definition) is 1. The van der Waals surface area contributed by atoms with E-state index in [9.17, 15) is 0 Å². The lowest BCUT2D eigenvalue weighted by atomic mass is 9.91. The second-order valence-corrected chi connectivity index (χ2v) is 6.75. The maximum absolute atomic E-state index is 5.93. The van der Waals surface area contributed by atoms with E-state index < -0.39 is 0 Å². The van der Waals surface area contributed by atoms with Crippen molar-refractivity contribution in [2.24, 2.45) is 11.1 Å². The summed E-state index contributed by atoms with van der Waals surface area (Å²) in [5.41, 5.74) is 6.57. The molecule has 0 aliphatic carbocycles. The van der Waals surface area contributed by atoms with Crippen molar-refractivity contribution in [3.63, 3.8) is 0 Å². The van der Waals surface area contributed by atoms with Gasteiger partial charge in [0.2, 0.25) is 0 Å². The van der Waals surface area contributed by atoms with Crippen LogP contribution in [0.1, 0.15) is 27.2 Å². The Balaban J connectivity index is 2.60. The molecular weight excluding hydrogens is 192 g/mol. The maximum Gasteiger partial charge on any atom is 0.0426 e. The zero-order valence-corrected chi connectivity index (χ0v) is 10.8.